The number of hydrogen-bond acceptors (Lipinski definition) is 6. The average Bonchev–Trinajstić information content (AvgIpc) is 3.03. The minimum atomic E-state index is -3.39. The maximum Gasteiger partial charge on any atom is 0.165 e. The molecule has 0 aliphatic carbocycles. The Morgan fingerprint density at radius 2 is 1.85 bits per heavy atom. The van der Waals surface area contributed by atoms with Crippen LogP contribution in [-0.4, -0.2) is 29.7 Å². The number of fused-ring (bicyclic) bond motifs is 1. The molecule has 0 fully saturated rings. The highest BCUT2D eigenvalue weighted by Crippen LogP contribution is 2.36. The van der Waals surface area contributed by atoms with Gasteiger partial charge in [0, 0.05) is 0 Å². The Labute approximate surface area is 156 Å². The third-order valence-corrected chi connectivity index (χ3v) is 8.50. The molecule has 26 heavy (non-hydrogen) atoms. The summed E-state index contributed by atoms with van der Waals surface area (Å²) in [6, 6.07) is 15.7. The van der Waals surface area contributed by atoms with E-state index >= 15 is 0 Å². The largest absolute Gasteiger partial charge is 0.386 e. The molecule has 1 aliphatic heterocycles. The van der Waals surface area contributed by atoms with Crippen LogP contribution in [0.1, 0.15) is 24.9 Å². The van der Waals surface area contributed by atoms with E-state index in [1.807, 2.05) is 30.3 Å². The van der Waals surface area contributed by atoms with Crippen molar-refractivity contribution in [2.45, 2.75) is 24.6 Å². The zero-order chi connectivity index (χ0) is 18.5. The monoisotopic (exact) mass is 385 g/mol. The summed E-state index contributed by atoms with van der Waals surface area (Å²) < 4.78 is 25.0. The van der Waals surface area contributed by atoms with Gasteiger partial charge in [0.2, 0.25) is 0 Å². The third kappa shape index (κ3) is 2.71. The molecule has 134 valence electrons. The quantitative estimate of drug-likeness (QED) is 0.731. The molecule has 4 rings (SSSR count). The van der Waals surface area contributed by atoms with Crippen LogP contribution >= 0.6 is 11.3 Å². The molecule has 0 spiro atoms. The molecule has 0 saturated heterocycles. The number of benzene rings is 2. The number of rotatable bonds is 2. The van der Waals surface area contributed by atoms with Crippen molar-refractivity contribution in [3.8, 4) is 11.1 Å². The second kappa shape index (κ2) is 5.89. The number of aliphatic imine (C=N–C) groups is 1. The standard InChI is InChI=1S/C19H19N3O2S2/c1-19(2)18(20)22-15(11-26(19,23)24)17-21-14-9-8-13(10-16(14)25-17)12-6-4-3-5-7-12/h3-10,15H,11H2,1-2H3,(H2,20,22). The Morgan fingerprint density at radius 1 is 1.12 bits per heavy atom. The van der Waals surface area contributed by atoms with E-state index in [0.29, 0.717) is 5.01 Å². The van der Waals surface area contributed by atoms with Gasteiger partial charge in [-0.15, -0.1) is 11.3 Å². The molecule has 2 heterocycles. The van der Waals surface area contributed by atoms with Crippen molar-refractivity contribution in [3.05, 3.63) is 53.5 Å². The molecule has 0 bridgehead atoms. The number of aromatic nitrogens is 1. The molecule has 0 radical (unpaired) electrons. The molecule has 0 saturated carbocycles. The number of nitrogens with two attached hydrogens (primary N) is 1. The van der Waals surface area contributed by atoms with Gasteiger partial charge in [0.25, 0.3) is 0 Å². The number of sulfone groups is 1. The SMILES string of the molecule is CC1(C)C(N)=NC(c2nc3ccc(-c4ccccc4)cc3s2)CS1(=O)=O. The normalized spacial score (nSPS) is 21.5. The molecule has 0 amide bonds. The van der Waals surface area contributed by atoms with Gasteiger partial charge in [-0.05, 0) is 37.1 Å². The lowest BCUT2D eigenvalue weighted by atomic mass is 10.1. The van der Waals surface area contributed by atoms with Crippen LogP contribution in [0.25, 0.3) is 21.3 Å². The second-order valence-electron chi connectivity index (χ2n) is 6.92. The molecular weight excluding hydrogens is 366 g/mol. The number of hydrogen-bond donors (Lipinski definition) is 1. The lowest BCUT2D eigenvalue weighted by Gasteiger charge is -2.30. The first-order chi connectivity index (χ1) is 12.3. The lowest BCUT2D eigenvalue weighted by molar-refractivity contribution is 0.561. The van der Waals surface area contributed by atoms with Crippen LogP contribution in [0.5, 0.6) is 0 Å². The Morgan fingerprint density at radius 3 is 2.54 bits per heavy atom. The van der Waals surface area contributed by atoms with Crippen molar-refractivity contribution in [2.75, 3.05) is 5.75 Å². The van der Waals surface area contributed by atoms with E-state index in [4.69, 9.17) is 5.73 Å². The van der Waals surface area contributed by atoms with E-state index in [2.05, 4.69) is 28.2 Å². The Kier molecular flexibility index (Phi) is 3.89. The summed E-state index contributed by atoms with van der Waals surface area (Å²) >= 11 is 1.48. The van der Waals surface area contributed by atoms with Crippen molar-refractivity contribution >= 4 is 37.2 Å². The molecule has 1 aliphatic rings. The summed E-state index contributed by atoms with van der Waals surface area (Å²) in [5, 5.41) is 0.687. The number of nitrogens with zero attached hydrogens (tertiary/aromatic N) is 2. The fraction of sp³-hybridized carbons (Fsp3) is 0.263. The van der Waals surface area contributed by atoms with E-state index in [-0.39, 0.29) is 11.6 Å². The van der Waals surface area contributed by atoms with Crippen LogP contribution in [-0.2, 0) is 9.84 Å². The van der Waals surface area contributed by atoms with E-state index in [1.165, 1.54) is 11.3 Å². The maximum atomic E-state index is 12.6. The molecule has 2 aromatic carbocycles. The molecule has 1 unspecified atom stereocenters. The molecular formula is C19H19N3O2S2. The average molecular weight is 386 g/mol. The van der Waals surface area contributed by atoms with Crippen molar-refractivity contribution in [1.82, 2.24) is 4.98 Å². The first-order valence-electron chi connectivity index (χ1n) is 8.30. The topological polar surface area (TPSA) is 85.4 Å². The highest BCUT2D eigenvalue weighted by molar-refractivity contribution is 7.93. The third-order valence-electron chi connectivity index (χ3n) is 4.86. The van der Waals surface area contributed by atoms with Crippen LogP contribution in [0.2, 0.25) is 0 Å². The second-order valence-corrected chi connectivity index (χ2v) is 10.6. The van der Waals surface area contributed by atoms with Crippen molar-refractivity contribution in [2.24, 2.45) is 10.7 Å². The van der Waals surface area contributed by atoms with E-state index in [9.17, 15) is 8.42 Å². The van der Waals surface area contributed by atoms with Gasteiger partial charge in [0.15, 0.2) is 9.84 Å². The van der Waals surface area contributed by atoms with E-state index < -0.39 is 20.6 Å². The molecule has 3 aromatic rings. The van der Waals surface area contributed by atoms with Gasteiger partial charge >= 0.3 is 0 Å². The maximum absolute atomic E-state index is 12.6. The molecule has 2 N–H and O–H groups in total. The van der Waals surface area contributed by atoms with Crippen LogP contribution in [0, 0.1) is 0 Å². The molecule has 1 aromatic heterocycles. The Balaban J connectivity index is 1.76. The fourth-order valence-electron chi connectivity index (χ4n) is 2.96. The van der Waals surface area contributed by atoms with E-state index in [0.717, 1.165) is 21.3 Å². The minimum Gasteiger partial charge on any atom is -0.386 e. The predicted molar refractivity (Wildman–Crippen MR) is 107 cm³/mol. The predicted octanol–water partition coefficient (Wildman–Crippen LogP) is 3.57. The van der Waals surface area contributed by atoms with Gasteiger partial charge in [-0.2, -0.15) is 0 Å². The van der Waals surface area contributed by atoms with Gasteiger partial charge in [-0.25, -0.2) is 13.4 Å². The highest BCUT2D eigenvalue weighted by atomic mass is 32.2. The summed E-state index contributed by atoms with van der Waals surface area (Å²) in [6.45, 7) is 3.20. The summed E-state index contributed by atoms with van der Waals surface area (Å²) in [5.74, 6) is 0.0875. The summed E-state index contributed by atoms with van der Waals surface area (Å²) in [7, 11) is -3.39. The summed E-state index contributed by atoms with van der Waals surface area (Å²) in [4.78, 5) is 9.05. The number of amidine groups is 1. The smallest absolute Gasteiger partial charge is 0.165 e. The van der Waals surface area contributed by atoms with Crippen LogP contribution in [0.4, 0.5) is 0 Å². The van der Waals surface area contributed by atoms with Gasteiger partial charge in [0.05, 0.1) is 16.0 Å². The zero-order valence-electron chi connectivity index (χ0n) is 14.5. The fourth-order valence-corrected chi connectivity index (χ4v) is 5.54. The van der Waals surface area contributed by atoms with Crippen molar-refractivity contribution in [3.63, 3.8) is 0 Å². The Bertz CT molecular complexity index is 1120. The van der Waals surface area contributed by atoms with Gasteiger partial charge < -0.3 is 5.73 Å². The number of thiazole rings is 1. The summed E-state index contributed by atoms with van der Waals surface area (Å²) in [6.07, 6.45) is 0. The van der Waals surface area contributed by atoms with Crippen molar-refractivity contribution in [1.29, 1.82) is 0 Å². The van der Waals surface area contributed by atoms with Crippen LogP contribution < -0.4 is 5.73 Å². The highest BCUT2D eigenvalue weighted by Gasteiger charge is 2.44. The minimum absolute atomic E-state index is 0.0634. The van der Waals surface area contributed by atoms with Crippen molar-refractivity contribution < 1.29 is 8.42 Å². The van der Waals surface area contributed by atoms with Gasteiger partial charge in [-0.3, -0.25) is 4.99 Å². The van der Waals surface area contributed by atoms with E-state index in [1.54, 1.807) is 13.8 Å². The molecule has 1 atom stereocenters. The Hall–Kier alpha value is -2.25. The first-order valence-corrected chi connectivity index (χ1v) is 10.8. The van der Waals surface area contributed by atoms with Crippen LogP contribution in [0.3, 0.4) is 0 Å². The zero-order valence-corrected chi connectivity index (χ0v) is 16.1. The van der Waals surface area contributed by atoms with Gasteiger partial charge in [0.1, 0.15) is 21.6 Å². The molecule has 5 nitrogen and oxygen atoms in total. The summed E-state index contributed by atoms with van der Waals surface area (Å²) in [5.41, 5.74) is 9.04. The molecule has 7 heteroatoms. The lowest BCUT2D eigenvalue weighted by Crippen LogP contribution is -2.50. The first kappa shape index (κ1) is 17.2. The van der Waals surface area contributed by atoms with Crippen LogP contribution in [0.15, 0.2) is 53.5 Å². The van der Waals surface area contributed by atoms with Gasteiger partial charge in [-0.1, -0.05) is 36.4 Å².